The van der Waals surface area contributed by atoms with E-state index in [4.69, 9.17) is 0 Å². The normalized spacial score (nSPS) is 11.4. The molecule has 7 heteroatoms. The molecular formula is C16H14N6S. The number of fused-ring (bicyclic) bond motifs is 1. The summed E-state index contributed by atoms with van der Waals surface area (Å²) in [6.07, 6.45) is 7.28. The third kappa shape index (κ3) is 2.49. The molecule has 0 fully saturated rings. The lowest BCUT2D eigenvalue weighted by Crippen LogP contribution is -1.98. The first-order valence-electron chi connectivity index (χ1n) is 7.29. The lowest BCUT2D eigenvalue weighted by molar-refractivity contribution is 0.817. The predicted molar refractivity (Wildman–Crippen MR) is 89.2 cm³/mol. The van der Waals surface area contributed by atoms with Gasteiger partial charge in [0, 0.05) is 29.7 Å². The second kappa shape index (κ2) is 5.51. The lowest BCUT2D eigenvalue weighted by atomic mass is 10.1. The molecule has 0 radical (unpaired) electrons. The summed E-state index contributed by atoms with van der Waals surface area (Å²) >= 11 is 1.52. The van der Waals surface area contributed by atoms with Gasteiger partial charge >= 0.3 is 0 Å². The first-order chi connectivity index (χ1) is 11.2. The summed E-state index contributed by atoms with van der Waals surface area (Å²) in [5, 5.41) is 2.72. The summed E-state index contributed by atoms with van der Waals surface area (Å²) in [5.41, 5.74) is 2.72. The molecule has 23 heavy (non-hydrogen) atoms. The summed E-state index contributed by atoms with van der Waals surface area (Å²) in [6.45, 7) is 4.24. The molecule has 0 aromatic carbocycles. The summed E-state index contributed by atoms with van der Waals surface area (Å²) in [4.78, 5) is 22.2. The van der Waals surface area contributed by atoms with Gasteiger partial charge in [0.2, 0.25) is 5.78 Å². The Bertz CT molecular complexity index is 958. The summed E-state index contributed by atoms with van der Waals surface area (Å²) in [7, 11) is 0. The second-order valence-electron chi connectivity index (χ2n) is 5.42. The topological polar surface area (TPSA) is 68.9 Å². The third-order valence-corrected chi connectivity index (χ3v) is 4.30. The first kappa shape index (κ1) is 14.0. The quantitative estimate of drug-likeness (QED) is 0.578. The van der Waals surface area contributed by atoms with E-state index >= 15 is 0 Å². The van der Waals surface area contributed by atoms with Crippen LogP contribution in [0.3, 0.4) is 0 Å². The van der Waals surface area contributed by atoms with E-state index < -0.39 is 0 Å². The highest BCUT2D eigenvalue weighted by Crippen LogP contribution is 2.23. The number of hydrogen-bond acceptors (Lipinski definition) is 6. The fraction of sp³-hybridized carbons (Fsp3) is 0.188. The Balaban J connectivity index is 1.82. The van der Waals surface area contributed by atoms with Crippen molar-refractivity contribution >= 4 is 17.1 Å². The standard InChI is InChI=1S/C16H14N6S/c1-10(2)11-4-7-22-13(9-19-16(22)21-11)12-3-5-17-14(20-12)15-18-6-8-23-15/h3-10H,1-2H3. The number of rotatable bonds is 3. The number of imidazole rings is 1. The van der Waals surface area contributed by atoms with E-state index in [1.165, 1.54) is 11.3 Å². The molecular weight excluding hydrogens is 308 g/mol. The Kier molecular flexibility index (Phi) is 3.34. The zero-order chi connectivity index (χ0) is 15.8. The van der Waals surface area contributed by atoms with Crippen LogP contribution in [-0.4, -0.2) is 29.3 Å². The van der Waals surface area contributed by atoms with E-state index in [0.29, 0.717) is 17.5 Å². The van der Waals surface area contributed by atoms with Crippen molar-refractivity contribution in [1.82, 2.24) is 29.3 Å². The Morgan fingerprint density at radius 3 is 2.74 bits per heavy atom. The van der Waals surface area contributed by atoms with Crippen molar-refractivity contribution in [2.45, 2.75) is 19.8 Å². The Hall–Kier alpha value is -2.67. The van der Waals surface area contributed by atoms with Crippen LogP contribution in [0.5, 0.6) is 0 Å². The van der Waals surface area contributed by atoms with Gasteiger partial charge in [0.25, 0.3) is 0 Å². The molecule has 0 spiro atoms. The number of hydrogen-bond donors (Lipinski definition) is 0. The van der Waals surface area contributed by atoms with Crippen molar-refractivity contribution in [1.29, 1.82) is 0 Å². The molecule has 6 nitrogen and oxygen atoms in total. The van der Waals surface area contributed by atoms with E-state index in [2.05, 4.69) is 38.8 Å². The fourth-order valence-corrected chi connectivity index (χ4v) is 2.91. The average Bonchev–Trinajstić information content (AvgIpc) is 3.24. The molecule has 4 heterocycles. The van der Waals surface area contributed by atoms with Gasteiger partial charge in [-0.15, -0.1) is 11.3 Å². The third-order valence-electron chi connectivity index (χ3n) is 3.53. The summed E-state index contributed by atoms with van der Waals surface area (Å²) < 4.78 is 1.94. The molecule has 0 atom stereocenters. The number of nitrogens with zero attached hydrogens (tertiary/aromatic N) is 6. The van der Waals surface area contributed by atoms with Crippen molar-refractivity contribution in [3.05, 3.63) is 48.0 Å². The van der Waals surface area contributed by atoms with Gasteiger partial charge in [-0.25, -0.2) is 24.9 Å². The smallest absolute Gasteiger partial charge is 0.234 e. The molecule has 114 valence electrons. The van der Waals surface area contributed by atoms with Crippen molar-refractivity contribution in [2.24, 2.45) is 0 Å². The maximum atomic E-state index is 4.61. The van der Waals surface area contributed by atoms with E-state index in [1.807, 2.05) is 28.1 Å². The second-order valence-corrected chi connectivity index (χ2v) is 6.32. The van der Waals surface area contributed by atoms with Crippen LogP contribution in [0.15, 0.2) is 42.3 Å². The number of thiazole rings is 1. The Morgan fingerprint density at radius 2 is 1.96 bits per heavy atom. The van der Waals surface area contributed by atoms with Crippen LogP contribution >= 0.6 is 11.3 Å². The van der Waals surface area contributed by atoms with E-state index in [0.717, 1.165) is 22.1 Å². The molecule has 0 N–H and O–H groups in total. The van der Waals surface area contributed by atoms with E-state index in [-0.39, 0.29) is 0 Å². The zero-order valence-electron chi connectivity index (χ0n) is 12.7. The van der Waals surface area contributed by atoms with E-state index in [9.17, 15) is 0 Å². The summed E-state index contributed by atoms with van der Waals surface area (Å²) in [6, 6.07) is 3.89. The fourth-order valence-electron chi connectivity index (χ4n) is 2.33. The molecule has 0 aliphatic carbocycles. The number of aromatic nitrogens is 6. The monoisotopic (exact) mass is 322 g/mol. The lowest BCUT2D eigenvalue weighted by Gasteiger charge is -2.06. The minimum absolute atomic E-state index is 0.371. The van der Waals surface area contributed by atoms with Gasteiger partial charge in [0.05, 0.1) is 17.6 Å². The Morgan fingerprint density at radius 1 is 1.04 bits per heavy atom. The highest BCUT2D eigenvalue weighted by molar-refractivity contribution is 7.12. The van der Waals surface area contributed by atoms with Crippen LogP contribution in [0.2, 0.25) is 0 Å². The summed E-state index contributed by atoms with van der Waals surface area (Å²) in [5.74, 6) is 1.68. The van der Waals surface area contributed by atoms with Crippen molar-refractivity contribution in [3.8, 4) is 22.2 Å². The first-order valence-corrected chi connectivity index (χ1v) is 8.17. The highest BCUT2D eigenvalue weighted by atomic mass is 32.1. The van der Waals surface area contributed by atoms with Gasteiger partial charge < -0.3 is 0 Å². The van der Waals surface area contributed by atoms with Crippen molar-refractivity contribution < 1.29 is 0 Å². The molecule has 4 aromatic rings. The SMILES string of the molecule is CC(C)c1ccn2c(-c3ccnc(-c4nccs4)n3)cnc2n1. The van der Waals surface area contributed by atoms with Gasteiger partial charge in [-0.2, -0.15) is 0 Å². The minimum Gasteiger partial charge on any atom is -0.282 e. The Labute approximate surface area is 136 Å². The molecule has 4 aromatic heterocycles. The molecule has 0 saturated heterocycles. The van der Waals surface area contributed by atoms with Crippen LogP contribution in [0.1, 0.15) is 25.5 Å². The van der Waals surface area contributed by atoms with Crippen LogP contribution < -0.4 is 0 Å². The molecule has 0 aliphatic rings. The van der Waals surface area contributed by atoms with Gasteiger partial charge in [0.15, 0.2) is 10.8 Å². The minimum atomic E-state index is 0.371. The van der Waals surface area contributed by atoms with Crippen molar-refractivity contribution in [2.75, 3.05) is 0 Å². The average molecular weight is 322 g/mol. The van der Waals surface area contributed by atoms with Gasteiger partial charge in [-0.3, -0.25) is 4.40 Å². The van der Waals surface area contributed by atoms with Gasteiger partial charge in [-0.05, 0) is 18.1 Å². The molecule has 0 aliphatic heterocycles. The highest BCUT2D eigenvalue weighted by Gasteiger charge is 2.12. The van der Waals surface area contributed by atoms with Gasteiger partial charge in [-0.1, -0.05) is 13.8 Å². The van der Waals surface area contributed by atoms with Crippen LogP contribution in [0.4, 0.5) is 0 Å². The van der Waals surface area contributed by atoms with Gasteiger partial charge in [0.1, 0.15) is 0 Å². The van der Waals surface area contributed by atoms with Crippen LogP contribution in [0, 0.1) is 0 Å². The molecule has 4 rings (SSSR count). The maximum Gasteiger partial charge on any atom is 0.234 e. The van der Waals surface area contributed by atoms with Crippen LogP contribution in [0.25, 0.3) is 28.0 Å². The molecule has 0 bridgehead atoms. The zero-order valence-corrected chi connectivity index (χ0v) is 13.5. The molecule has 0 unspecified atom stereocenters. The van der Waals surface area contributed by atoms with Crippen molar-refractivity contribution in [3.63, 3.8) is 0 Å². The maximum absolute atomic E-state index is 4.61. The molecule has 0 saturated carbocycles. The van der Waals surface area contributed by atoms with Crippen LogP contribution in [-0.2, 0) is 0 Å². The van der Waals surface area contributed by atoms with E-state index in [1.54, 1.807) is 18.6 Å². The predicted octanol–water partition coefficient (Wildman–Crippen LogP) is 3.43. The largest absolute Gasteiger partial charge is 0.282 e. The molecule has 0 amide bonds.